The quantitative estimate of drug-likeness (QED) is 0.913. The average Bonchev–Trinajstić information content (AvgIpc) is 2.92. The molecule has 116 valence electrons. The number of para-hydroxylation sites is 1. The number of nitrogens with one attached hydrogen (secondary N) is 2. The second kappa shape index (κ2) is 5.05. The lowest BCUT2D eigenvalue weighted by molar-refractivity contribution is -0.124. The number of hydrogen-bond donors (Lipinski definition) is 2. The van der Waals surface area contributed by atoms with E-state index in [1.807, 2.05) is 19.2 Å². The monoisotopic (exact) mass is 302 g/mol. The van der Waals surface area contributed by atoms with E-state index in [4.69, 9.17) is 0 Å². The van der Waals surface area contributed by atoms with E-state index >= 15 is 0 Å². The van der Waals surface area contributed by atoms with Gasteiger partial charge in [-0.1, -0.05) is 12.1 Å². The minimum absolute atomic E-state index is 0.0282. The molecule has 1 aliphatic heterocycles. The molecule has 1 amide bonds. The van der Waals surface area contributed by atoms with Crippen molar-refractivity contribution in [3.8, 4) is 0 Å². The molecule has 0 spiro atoms. The van der Waals surface area contributed by atoms with E-state index in [0.717, 1.165) is 23.9 Å². The molecule has 1 aliphatic carbocycles. The van der Waals surface area contributed by atoms with Crippen LogP contribution in [0.3, 0.4) is 0 Å². The Kier molecular flexibility index (Phi) is 3.14. The van der Waals surface area contributed by atoms with E-state index in [2.05, 4.69) is 26.3 Å². The molecule has 6 heteroatoms. The Morgan fingerprint density at radius 2 is 2.27 bits per heavy atom. The number of H-pyrrole nitrogens is 1. The van der Waals surface area contributed by atoms with Gasteiger partial charge in [0.15, 0.2) is 0 Å². The summed E-state index contributed by atoms with van der Waals surface area (Å²) in [5.74, 6) is -0.579. The molecule has 2 fully saturated rings. The second-order valence-corrected chi connectivity index (χ2v) is 6.29. The highest BCUT2D eigenvalue weighted by Gasteiger charge is 2.45. The van der Waals surface area contributed by atoms with Gasteiger partial charge in [-0.25, -0.2) is 9.37 Å². The first-order valence-electron chi connectivity index (χ1n) is 7.73. The molecule has 2 aromatic rings. The zero-order chi connectivity index (χ0) is 15.3. The molecule has 4 atom stereocenters. The van der Waals surface area contributed by atoms with E-state index in [-0.39, 0.29) is 18.1 Å². The van der Waals surface area contributed by atoms with Crippen LogP contribution in [-0.4, -0.2) is 40.2 Å². The molecule has 2 heterocycles. The number of benzene rings is 1. The number of alkyl halides is 1. The number of carbonyl (C=O) groups excluding carboxylic acids is 1. The highest BCUT2D eigenvalue weighted by atomic mass is 19.1. The number of imidazole rings is 1. The van der Waals surface area contributed by atoms with Crippen LogP contribution >= 0.6 is 0 Å². The fraction of sp³-hybridized carbons (Fsp3) is 0.500. The van der Waals surface area contributed by atoms with Crippen LogP contribution in [0.4, 0.5) is 4.39 Å². The van der Waals surface area contributed by atoms with Gasteiger partial charge in [-0.15, -0.1) is 0 Å². The van der Waals surface area contributed by atoms with Crippen LogP contribution in [0.2, 0.25) is 0 Å². The number of fused-ring (bicyclic) bond motifs is 1. The number of aromatic amines is 1. The van der Waals surface area contributed by atoms with E-state index in [1.165, 1.54) is 5.56 Å². The predicted molar refractivity (Wildman–Crippen MR) is 80.8 cm³/mol. The zero-order valence-electron chi connectivity index (χ0n) is 12.4. The van der Waals surface area contributed by atoms with Gasteiger partial charge in [0.1, 0.15) is 6.17 Å². The van der Waals surface area contributed by atoms with Crippen LogP contribution in [0.1, 0.15) is 30.9 Å². The number of amides is 1. The van der Waals surface area contributed by atoms with Gasteiger partial charge in [-0.05, 0) is 37.9 Å². The molecule has 1 saturated heterocycles. The van der Waals surface area contributed by atoms with Gasteiger partial charge in [0.25, 0.3) is 0 Å². The van der Waals surface area contributed by atoms with Crippen molar-refractivity contribution in [3.05, 3.63) is 30.1 Å². The van der Waals surface area contributed by atoms with Gasteiger partial charge in [-0.3, -0.25) is 9.69 Å². The van der Waals surface area contributed by atoms with Crippen LogP contribution in [0.15, 0.2) is 24.5 Å². The van der Waals surface area contributed by atoms with Gasteiger partial charge in [0, 0.05) is 6.04 Å². The summed E-state index contributed by atoms with van der Waals surface area (Å²) in [4.78, 5) is 21.6. The SMILES string of the molecule is CN1C(NC(=O)[C@@H]2C[C@@H]2F)CCC1c1cccc2[nH]cnc12. The summed E-state index contributed by atoms with van der Waals surface area (Å²) in [5, 5.41) is 2.98. The maximum Gasteiger partial charge on any atom is 0.227 e. The summed E-state index contributed by atoms with van der Waals surface area (Å²) in [6, 6.07) is 6.34. The zero-order valence-corrected chi connectivity index (χ0v) is 12.4. The van der Waals surface area contributed by atoms with Crippen molar-refractivity contribution in [1.82, 2.24) is 20.2 Å². The smallest absolute Gasteiger partial charge is 0.227 e. The first-order chi connectivity index (χ1) is 10.6. The summed E-state index contributed by atoms with van der Waals surface area (Å²) in [5.41, 5.74) is 3.18. The third-order valence-electron chi connectivity index (χ3n) is 4.89. The lowest BCUT2D eigenvalue weighted by Gasteiger charge is -2.26. The Morgan fingerprint density at radius 3 is 3.05 bits per heavy atom. The number of nitrogens with zero attached hydrogens (tertiary/aromatic N) is 2. The van der Waals surface area contributed by atoms with E-state index in [0.29, 0.717) is 6.42 Å². The first kappa shape index (κ1) is 13.7. The number of carbonyl (C=O) groups is 1. The molecule has 2 unspecified atom stereocenters. The van der Waals surface area contributed by atoms with Gasteiger partial charge < -0.3 is 10.3 Å². The van der Waals surface area contributed by atoms with Crippen molar-refractivity contribution in [3.63, 3.8) is 0 Å². The van der Waals surface area contributed by atoms with Crippen molar-refractivity contribution in [2.75, 3.05) is 7.05 Å². The van der Waals surface area contributed by atoms with Crippen LogP contribution < -0.4 is 5.32 Å². The molecule has 1 saturated carbocycles. The molecule has 4 rings (SSSR count). The summed E-state index contributed by atoms with van der Waals surface area (Å²) < 4.78 is 13.0. The maximum atomic E-state index is 13.0. The van der Waals surface area contributed by atoms with Crippen molar-refractivity contribution in [1.29, 1.82) is 0 Å². The third kappa shape index (κ3) is 2.18. The van der Waals surface area contributed by atoms with Gasteiger partial charge in [0.05, 0.1) is 29.4 Å². The Labute approximate surface area is 127 Å². The Morgan fingerprint density at radius 1 is 1.45 bits per heavy atom. The van der Waals surface area contributed by atoms with E-state index in [1.54, 1.807) is 6.33 Å². The molecule has 5 nitrogen and oxygen atoms in total. The van der Waals surface area contributed by atoms with Crippen molar-refractivity contribution in [2.24, 2.45) is 5.92 Å². The van der Waals surface area contributed by atoms with Crippen molar-refractivity contribution in [2.45, 2.75) is 37.6 Å². The first-order valence-corrected chi connectivity index (χ1v) is 7.73. The molecular weight excluding hydrogens is 283 g/mol. The van der Waals surface area contributed by atoms with Crippen molar-refractivity contribution < 1.29 is 9.18 Å². The Hall–Kier alpha value is -1.95. The summed E-state index contributed by atoms with van der Waals surface area (Å²) >= 11 is 0. The topological polar surface area (TPSA) is 61.0 Å². The maximum absolute atomic E-state index is 13.0. The van der Waals surface area contributed by atoms with Gasteiger partial charge >= 0.3 is 0 Å². The van der Waals surface area contributed by atoms with E-state index in [9.17, 15) is 9.18 Å². The highest BCUT2D eigenvalue weighted by molar-refractivity contribution is 5.82. The average molecular weight is 302 g/mol. The van der Waals surface area contributed by atoms with Gasteiger partial charge in [0.2, 0.25) is 5.91 Å². The predicted octanol–water partition coefficient (Wildman–Crippen LogP) is 2.13. The molecule has 0 radical (unpaired) electrons. The third-order valence-corrected chi connectivity index (χ3v) is 4.89. The van der Waals surface area contributed by atoms with Crippen LogP contribution in [-0.2, 0) is 4.79 Å². The normalized spacial score (nSPS) is 31.5. The summed E-state index contributed by atoms with van der Waals surface area (Å²) in [6.45, 7) is 0. The standard InChI is InChI=1S/C16H19FN4O/c1-21-13(9-3-2-4-12-15(9)19-8-18-12)5-6-14(21)20-16(22)10-7-11(10)17/h2-4,8,10-11,13-14H,5-7H2,1H3,(H,18,19)(H,20,22)/t10-,11+,13?,14?/m1/s1. The number of aromatic nitrogens is 2. The lowest BCUT2D eigenvalue weighted by Crippen LogP contribution is -2.44. The highest BCUT2D eigenvalue weighted by Crippen LogP contribution is 2.38. The summed E-state index contributed by atoms with van der Waals surface area (Å²) in [7, 11) is 2.01. The molecule has 2 N–H and O–H groups in total. The van der Waals surface area contributed by atoms with E-state index < -0.39 is 12.1 Å². The molecule has 22 heavy (non-hydrogen) atoms. The summed E-state index contributed by atoms with van der Waals surface area (Å²) in [6.07, 6.45) is 2.93. The fourth-order valence-electron chi connectivity index (χ4n) is 3.45. The molecule has 1 aromatic carbocycles. The number of rotatable bonds is 3. The van der Waals surface area contributed by atoms with Gasteiger partial charge in [-0.2, -0.15) is 0 Å². The Balaban J connectivity index is 1.52. The minimum Gasteiger partial charge on any atom is -0.345 e. The Bertz CT molecular complexity index is 715. The van der Waals surface area contributed by atoms with Crippen LogP contribution in [0.25, 0.3) is 11.0 Å². The molecule has 2 aliphatic rings. The molecule has 1 aromatic heterocycles. The number of likely N-dealkylation sites (tertiary alicyclic amines) is 1. The van der Waals surface area contributed by atoms with Crippen LogP contribution in [0.5, 0.6) is 0 Å². The minimum atomic E-state index is -0.944. The number of halogens is 1. The lowest BCUT2D eigenvalue weighted by atomic mass is 10.0. The second-order valence-electron chi connectivity index (χ2n) is 6.29. The number of hydrogen-bond acceptors (Lipinski definition) is 3. The fourth-order valence-corrected chi connectivity index (χ4v) is 3.45. The molecule has 0 bridgehead atoms. The van der Waals surface area contributed by atoms with Crippen LogP contribution in [0, 0.1) is 5.92 Å². The molecular formula is C16H19FN4O. The largest absolute Gasteiger partial charge is 0.345 e. The van der Waals surface area contributed by atoms with Crippen molar-refractivity contribution >= 4 is 16.9 Å².